The largest absolute Gasteiger partial charge is 0.507 e. The number of Topliss-reactive ketones (excluding diaryl/α,β-unsaturated/α-hetero) is 1. The molecular formula is C70H71N5O11. The number of nitrogens with one attached hydrogen (secondary N) is 3. The quantitative estimate of drug-likeness (QED) is 0.0648. The lowest BCUT2D eigenvalue weighted by molar-refractivity contribution is -0.366. The molecule has 2 aromatic carbocycles. The predicted octanol–water partition coefficient (Wildman–Crippen LogP) is 8.38. The van der Waals surface area contributed by atoms with Gasteiger partial charge in [-0.05, 0) is 178 Å². The number of ether oxygens (including phenoxy) is 2. The number of carbonyl (C=O) groups is 3. The summed E-state index contributed by atoms with van der Waals surface area (Å²) >= 11 is 0. The number of aryl methyl sites for hydroxylation is 1. The molecule has 3 aromatic heterocycles. The number of aliphatic hydroxyl groups is 5. The summed E-state index contributed by atoms with van der Waals surface area (Å²) in [5.41, 5.74) is 2.44. The van der Waals surface area contributed by atoms with Crippen molar-refractivity contribution in [3.63, 3.8) is 0 Å². The van der Waals surface area contributed by atoms with Gasteiger partial charge in [0.2, 0.25) is 5.78 Å². The van der Waals surface area contributed by atoms with Gasteiger partial charge in [-0.25, -0.2) is 9.97 Å². The van der Waals surface area contributed by atoms with Gasteiger partial charge in [-0.1, -0.05) is 30.8 Å². The highest BCUT2D eigenvalue weighted by Crippen LogP contribution is 2.77. The number of pyridine rings is 1. The molecule has 16 heteroatoms. The SMILES string of the molecule is Cc1cc(O)c2c(c1)C(=O)c1c(c3cc4c(nccc14)NCC(O)C14CCC5C#CCC67CCCC8CC9(CCC(=O)CC9)c9nc[nH]c9C86c6[nH]c(c(c6CC7)C51)C1=CC5(O3)OC3(C1=C4CC1(CCC4(CCCC4)C1)C3O)C(O)C(O)C5O)C2=O. The molecule has 5 aromatic rings. The van der Waals surface area contributed by atoms with E-state index in [1.807, 2.05) is 6.33 Å². The highest BCUT2D eigenvalue weighted by atomic mass is 16.7. The zero-order valence-corrected chi connectivity index (χ0v) is 48.3. The normalized spacial score (nSPS) is 39.9. The Morgan fingerprint density at radius 2 is 1.65 bits per heavy atom. The van der Waals surface area contributed by atoms with Crippen LogP contribution in [0.3, 0.4) is 0 Å². The second-order valence-corrected chi connectivity index (χ2v) is 29.7. The molecular weight excluding hydrogens is 1090 g/mol. The summed E-state index contributed by atoms with van der Waals surface area (Å²) < 4.78 is 15.2. The van der Waals surface area contributed by atoms with Crippen LogP contribution >= 0.6 is 0 Å². The highest BCUT2D eigenvalue weighted by molar-refractivity contribution is 6.34. The zero-order valence-electron chi connectivity index (χ0n) is 48.3. The second kappa shape index (κ2) is 16.4. The molecule has 14 atom stereocenters. The number of nitrogens with zero attached hydrogens (tertiary/aromatic N) is 2. The van der Waals surface area contributed by atoms with Gasteiger partial charge in [-0.2, -0.15) is 0 Å². The molecule has 4 aliphatic heterocycles. The molecule has 14 unspecified atom stereocenters. The van der Waals surface area contributed by atoms with Gasteiger partial charge in [0.25, 0.3) is 5.79 Å². The zero-order chi connectivity index (χ0) is 58.2. The number of aliphatic hydroxyl groups excluding tert-OH is 5. The number of benzene rings is 2. The average molecular weight is 1160 g/mol. The summed E-state index contributed by atoms with van der Waals surface area (Å²) in [5.74, 6) is 3.63. The van der Waals surface area contributed by atoms with Crippen LogP contribution in [0.5, 0.6) is 11.5 Å². The molecule has 442 valence electrons. The van der Waals surface area contributed by atoms with E-state index in [9.17, 15) is 35.4 Å². The van der Waals surface area contributed by atoms with Crippen molar-refractivity contribution in [1.82, 2.24) is 19.9 Å². The number of hydrogen-bond acceptors (Lipinski definition) is 14. The van der Waals surface area contributed by atoms with E-state index in [0.717, 1.165) is 105 Å². The summed E-state index contributed by atoms with van der Waals surface area (Å²) in [6.45, 7) is 1.70. The van der Waals surface area contributed by atoms with Crippen LogP contribution in [0.1, 0.15) is 206 Å². The van der Waals surface area contributed by atoms with Crippen molar-refractivity contribution in [2.45, 2.75) is 200 Å². The average Bonchev–Trinajstić information content (AvgIpc) is 1.33. The minimum atomic E-state index is -2.51. The third-order valence-electron chi connectivity index (χ3n) is 26.4. The van der Waals surface area contributed by atoms with E-state index >= 15 is 9.59 Å². The van der Waals surface area contributed by atoms with Crippen molar-refractivity contribution in [2.24, 2.45) is 33.5 Å². The number of H-pyrrole nitrogens is 2. The Kier molecular flexibility index (Phi) is 9.86. The maximum atomic E-state index is 15.5. The van der Waals surface area contributed by atoms with Crippen LogP contribution in [0.25, 0.3) is 16.3 Å². The lowest BCUT2D eigenvalue weighted by atomic mass is 9.39. The number of fused-ring (bicyclic) bond motifs is 9. The van der Waals surface area contributed by atoms with Gasteiger partial charge in [0.05, 0.1) is 46.5 Å². The monoisotopic (exact) mass is 1160 g/mol. The first-order valence-electron chi connectivity index (χ1n) is 32.2. The van der Waals surface area contributed by atoms with Crippen LogP contribution in [0, 0.1) is 52.3 Å². The lowest BCUT2D eigenvalue weighted by Crippen LogP contribution is -2.79. The lowest BCUT2D eigenvalue weighted by Gasteiger charge is -2.64. The topological polar surface area (TPSA) is 260 Å². The van der Waals surface area contributed by atoms with E-state index in [4.69, 9.17) is 19.4 Å². The van der Waals surface area contributed by atoms with Gasteiger partial charge in [0.1, 0.15) is 35.3 Å². The maximum Gasteiger partial charge on any atom is 0.261 e. The summed E-state index contributed by atoms with van der Waals surface area (Å²) in [5, 5.41) is 84.6. The molecule has 12 bridgehead atoms. The van der Waals surface area contributed by atoms with Crippen LogP contribution in [0.4, 0.5) is 5.82 Å². The second-order valence-electron chi connectivity index (χ2n) is 29.7. The number of phenolic OH excluding ortho intramolecular Hbond substituents is 1. The molecule has 9 N–H and O–H groups in total. The Morgan fingerprint density at radius 3 is 2.49 bits per heavy atom. The number of aromatic nitrogens is 4. The summed E-state index contributed by atoms with van der Waals surface area (Å²) in [4.78, 5) is 62.4. The van der Waals surface area contributed by atoms with E-state index < -0.39 is 75.6 Å². The number of hydrogen-bond donors (Lipinski definition) is 9. The van der Waals surface area contributed by atoms with Crippen molar-refractivity contribution >= 4 is 39.5 Å². The van der Waals surface area contributed by atoms with E-state index in [1.165, 1.54) is 11.6 Å². The number of aromatic amines is 2. The molecule has 21 rings (SSSR count). The van der Waals surface area contributed by atoms with E-state index in [0.29, 0.717) is 103 Å². The highest BCUT2D eigenvalue weighted by Gasteiger charge is 2.78. The Balaban J connectivity index is 0.947. The standard InChI is InChI=1S/C70H71N5O11/c1-33-24-40-46(43(77)25-33)54(80)49-44-26-39-37(47(49)53(40)79)12-23-71-61(39)72-30-45(78)67-20-8-34-6-4-15-66-16-5-7-35-27-64(17-9-36(76)10-18-64)57-58(74-32-73-57)69(35,66)56-38(11-19-66)48(50(34)67)52(75-56)41-28-68(85-44)59(82)55(81)60(83)70(86-68)51(41)42(67)29-65(62(70)84)22-21-63(31-65)13-2-3-14-63/h12,23-26,28,32,34-35,45,50,55,59-60,62,75,77-78,81-84H,2-3,5,7-11,13-22,27,29-31H2,1H3,(H,71,72)(H,73,74). The number of aromatic hydroxyl groups is 1. The van der Waals surface area contributed by atoms with Gasteiger partial charge >= 0.3 is 0 Å². The Morgan fingerprint density at radius 1 is 0.814 bits per heavy atom. The molecule has 12 aliphatic carbocycles. The van der Waals surface area contributed by atoms with Crippen molar-refractivity contribution < 1.29 is 54.5 Å². The smallest absolute Gasteiger partial charge is 0.261 e. The fourth-order valence-corrected chi connectivity index (χ4v) is 23.2. The maximum absolute atomic E-state index is 15.5. The Hall–Kier alpha value is -6.45. The number of imidazole rings is 1. The van der Waals surface area contributed by atoms with Crippen LogP contribution in [-0.2, 0) is 26.8 Å². The first kappa shape index (κ1) is 51.6. The predicted molar refractivity (Wildman–Crippen MR) is 312 cm³/mol. The minimum Gasteiger partial charge on any atom is -0.507 e. The molecule has 0 amide bonds. The molecule has 86 heavy (non-hydrogen) atoms. The van der Waals surface area contributed by atoms with Crippen LogP contribution < -0.4 is 10.1 Å². The van der Waals surface area contributed by atoms with Crippen LogP contribution in [-0.4, -0.2) is 116 Å². The Bertz CT molecular complexity index is 4150. The van der Waals surface area contributed by atoms with Gasteiger partial charge in [-0.3, -0.25) is 14.4 Å². The number of phenols is 1. The Labute approximate surface area is 496 Å². The van der Waals surface area contributed by atoms with Crippen LogP contribution in [0.15, 0.2) is 54.0 Å². The first-order valence-corrected chi connectivity index (χ1v) is 32.2. The first-order chi connectivity index (χ1) is 41.5. The number of rotatable bonds is 0. The summed E-state index contributed by atoms with van der Waals surface area (Å²) in [6, 6.07) is 6.26. The van der Waals surface area contributed by atoms with Gasteiger partial charge < -0.3 is 55.4 Å². The number of carbonyl (C=O) groups excluding carboxylic acids is 3. The van der Waals surface area contributed by atoms with Crippen molar-refractivity contribution in [3.8, 4) is 23.3 Å². The van der Waals surface area contributed by atoms with Gasteiger partial charge in [0.15, 0.2) is 17.5 Å². The summed E-state index contributed by atoms with van der Waals surface area (Å²) in [7, 11) is 0. The molecule has 8 spiro atoms. The molecule has 1 saturated heterocycles. The van der Waals surface area contributed by atoms with Crippen molar-refractivity contribution in [2.75, 3.05) is 11.9 Å². The summed E-state index contributed by atoms with van der Waals surface area (Å²) in [6.07, 6.45) is 12.6. The third kappa shape index (κ3) is 5.73. The molecule has 16 aliphatic rings. The molecule has 16 nitrogen and oxygen atoms in total. The fraction of sp³-hybridized carbons (Fsp3) is 0.557. The van der Waals surface area contributed by atoms with E-state index in [2.05, 4.69) is 27.1 Å². The van der Waals surface area contributed by atoms with E-state index in [-0.39, 0.29) is 68.4 Å². The molecule has 6 fully saturated rings. The fourth-order valence-electron chi connectivity index (χ4n) is 23.2. The number of ketones is 3. The van der Waals surface area contributed by atoms with Gasteiger partial charge in [-0.15, -0.1) is 5.92 Å². The third-order valence-corrected chi connectivity index (χ3v) is 26.4. The molecule has 7 heterocycles. The van der Waals surface area contributed by atoms with Crippen molar-refractivity contribution in [1.29, 1.82) is 0 Å². The van der Waals surface area contributed by atoms with Crippen molar-refractivity contribution in [3.05, 3.63) is 116 Å². The molecule has 0 radical (unpaired) electrons. The molecule has 5 saturated carbocycles. The minimum absolute atomic E-state index is 0.00988. The number of anilines is 1. The van der Waals surface area contributed by atoms with Gasteiger partial charge in [0, 0.05) is 93.6 Å². The van der Waals surface area contributed by atoms with Crippen LogP contribution in [0.2, 0.25) is 0 Å². The van der Waals surface area contributed by atoms with E-state index in [1.54, 1.807) is 37.4 Å².